The number of hydrogen-bond donors (Lipinski definition) is 2. The van der Waals surface area contributed by atoms with E-state index in [4.69, 9.17) is 9.47 Å². The van der Waals surface area contributed by atoms with Gasteiger partial charge in [-0.05, 0) is 60.5 Å². The van der Waals surface area contributed by atoms with Crippen LogP contribution in [0.3, 0.4) is 0 Å². The second kappa shape index (κ2) is 12.1. The fourth-order valence-corrected chi connectivity index (χ4v) is 4.26. The van der Waals surface area contributed by atoms with Gasteiger partial charge >= 0.3 is 0 Å². The molecule has 0 amide bonds. The third-order valence-electron chi connectivity index (χ3n) is 5.05. The van der Waals surface area contributed by atoms with Crippen molar-refractivity contribution in [2.24, 2.45) is 4.99 Å². The molecule has 1 aliphatic heterocycles. The van der Waals surface area contributed by atoms with Gasteiger partial charge in [0.25, 0.3) is 0 Å². The molecule has 0 aliphatic carbocycles. The van der Waals surface area contributed by atoms with Crippen LogP contribution in [0.25, 0.3) is 0 Å². The molecule has 2 aromatic rings. The largest absolute Gasteiger partial charge is 0.497 e. The lowest BCUT2D eigenvalue weighted by atomic mass is 10.1. The van der Waals surface area contributed by atoms with Crippen molar-refractivity contribution < 1.29 is 9.47 Å². The van der Waals surface area contributed by atoms with Crippen LogP contribution in [0.5, 0.6) is 11.5 Å². The van der Waals surface area contributed by atoms with Crippen molar-refractivity contribution in [2.45, 2.75) is 25.3 Å². The number of benzene rings is 1. The van der Waals surface area contributed by atoms with Gasteiger partial charge in [0.1, 0.15) is 11.5 Å². The fraction of sp³-hybridized carbons (Fsp3) is 0.476. The molecule has 1 aromatic carbocycles. The van der Waals surface area contributed by atoms with Crippen LogP contribution in [0.1, 0.15) is 18.4 Å². The lowest BCUT2D eigenvalue weighted by Gasteiger charge is -2.33. The molecular formula is C21H31IN4O2S. The molecule has 6 nitrogen and oxygen atoms in total. The molecule has 0 atom stereocenters. The Kier molecular flexibility index (Phi) is 9.86. The van der Waals surface area contributed by atoms with E-state index in [1.165, 1.54) is 5.00 Å². The van der Waals surface area contributed by atoms with Crippen molar-refractivity contribution in [3.8, 4) is 11.5 Å². The topological polar surface area (TPSA) is 58.1 Å². The molecule has 0 saturated carbocycles. The number of nitrogens with one attached hydrogen (secondary N) is 2. The standard InChI is InChI=1S/C21H30N4O2S.HI/c1-22-21(23-11-8-16-15-18(26-2)6-7-19(16)27-3)24-17-9-12-25(13-10-17)20-5-4-14-28-20;/h4-7,14-15,17H,8-13H2,1-3H3,(H2,22,23,24);1H. The fourth-order valence-electron chi connectivity index (χ4n) is 3.47. The first-order valence-corrected chi connectivity index (χ1v) is 10.6. The number of piperidine rings is 1. The molecule has 2 N–H and O–H groups in total. The minimum Gasteiger partial charge on any atom is -0.497 e. The van der Waals surface area contributed by atoms with E-state index in [-0.39, 0.29) is 24.0 Å². The van der Waals surface area contributed by atoms with Gasteiger partial charge in [-0.25, -0.2) is 0 Å². The number of methoxy groups -OCH3 is 2. The molecule has 1 saturated heterocycles. The van der Waals surface area contributed by atoms with Crippen molar-refractivity contribution in [3.05, 3.63) is 41.3 Å². The minimum absolute atomic E-state index is 0. The van der Waals surface area contributed by atoms with Gasteiger partial charge in [-0.1, -0.05) is 0 Å². The van der Waals surface area contributed by atoms with Crippen LogP contribution in [0.2, 0.25) is 0 Å². The quantitative estimate of drug-likeness (QED) is 0.325. The zero-order chi connectivity index (χ0) is 19.8. The molecule has 8 heteroatoms. The predicted octanol–water partition coefficient (Wildman–Crippen LogP) is 3.76. The van der Waals surface area contributed by atoms with E-state index in [0.29, 0.717) is 6.04 Å². The van der Waals surface area contributed by atoms with E-state index in [1.807, 2.05) is 36.6 Å². The van der Waals surface area contributed by atoms with Crippen LogP contribution in [-0.2, 0) is 6.42 Å². The van der Waals surface area contributed by atoms with Gasteiger partial charge in [-0.3, -0.25) is 4.99 Å². The highest BCUT2D eigenvalue weighted by Crippen LogP contribution is 2.25. The Labute approximate surface area is 194 Å². The van der Waals surface area contributed by atoms with Crippen LogP contribution >= 0.6 is 35.3 Å². The second-order valence-electron chi connectivity index (χ2n) is 6.78. The molecule has 1 aliphatic rings. The third kappa shape index (κ3) is 6.67. The first kappa shape index (κ1) is 23.6. The number of hydrogen-bond acceptors (Lipinski definition) is 5. The molecular weight excluding hydrogens is 499 g/mol. The summed E-state index contributed by atoms with van der Waals surface area (Å²) in [6.45, 7) is 2.93. The zero-order valence-corrected chi connectivity index (χ0v) is 20.5. The summed E-state index contributed by atoms with van der Waals surface area (Å²) in [6.07, 6.45) is 3.06. The van der Waals surface area contributed by atoms with Crippen LogP contribution in [-0.4, -0.2) is 52.9 Å². The molecule has 3 rings (SSSR count). The van der Waals surface area contributed by atoms with Crippen LogP contribution < -0.4 is 25.0 Å². The Morgan fingerprint density at radius 2 is 2.00 bits per heavy atom. The highest BCUT2D eigenvalue weighted by Gasteiger charge is 2.20. The van der Waals surface area contributed by atoms with E-state index in [2.05, 4.69) is 38.0 Å². The lowest BCUT2D eigenvalue weighted by Crippen LogP contribution is -2.49. The number of nitrogens with zero attached hydrogens (tertiary/aromatic N) is 2. The highest BCUT2D eigenvalue weighted by molar-refractivity contribution is 14.0. The maximum absolute atomic E-state index is 5.46. The van der Waals surface area contributed by atoms with Crippen molar-refractivity contribution in [3.63, 3.8) is 0 Å². The Bertz CT molecular complexity index is 762. The summed E-state index contributed by atoms with van der Waals surface area (Å²) in [5.41, 5.74) is 1.12. The van der Waals surface area contributed by atoms with Crippen molar-refractivity contribution >= 4 is 46.3 Å². The number of rotatable bonds is 7. The summed E-state index contributed by atoms with van der Waals surface area (Å²) in [7, 11) is 5.20. The molecule has 2 heterocycles. The minimum atomic E-state index is 0. The Morgan fingerprint density at radius 3 is 2.62 bits per heavy atom. The van der Waals surface area contributed by atoms with Crippen LogP contribution in [0.4, 0.5) is 5.00 Å². The number of guanidine groups is 1. The maximum atomic E-state index is 5.46. The summed E-state index contributed by atoms with van der Waals surface area (Å²) in [5, 5.41) is 10.5. The van der Waals surface area contributed by atoms with Crippen molar-refractivity contribution in [2.75, 3.05) is 45.8 Å². The summed E-state index contributed by atoms with van der Waals surface area (Å²) in [6, 6.07) is 10.7. The first-order chi connectivity index (χ1) is 13.7. The van der Waals surface area contributed by atoms with E-state index in [1.54, 1.807) is 14.2 Å². The third-order valence-corrected chi connectivity index (χ3v) is 5.98. The maximum Gasteiger partial charge on any atom is 0.191 e. The Balaban J connectivity index is 0.00000300. The number of anilines is 1. The molecule has 1 fully saturated rings. The van der Waals surface area contributed by atoms with Crippen molar-refractivity contribution in [1.29, 1.82) is 0 Å². The van der Waals surface area contributed by atoms with Crippen LogP contribution in [0, 0.1) is 0 Å². The Hall–Kier alpha value is -1.68. The molecule has 29 heavy (non-hydrogen) atoms. The average Bonchev–Trinajstić information content (AvgIpc) is 3.28. The number of aliphatic imine (C=N–C) groups is 1. The van der Waals surface area contributed by atoms with Gasteiger partial charge in [0.15, 0.2) is 5.96 Å². The van der Waals surface area contributed by atoms with Gasteiger partial charge in [-0.15, -0.1) is 35.3 Å². The van der Waals surface area contributed by atoms with Crippen LogP contribution in [0.15, 0.2) is 40.7 Å². The molecule has 0 unspecified atom stereocenters. The number of thiophene rings is 1. The Morgan fingerprint density at radius 1 is 1.21 bits per heavy atom. The average molecular weight is 530 g/mol. The SMILES string of the molecule is CN=C(NCCc1cc(OC)ccc1OC)NC1CCN(c2cccs2)CC1.I. The van der Waals surface area contributed by atoms with Gasteiger partial charge in [0.05, 0.1) is 19.2 Å². The highest BCUT2D eigenvalue weighted by atomic mass is 127. The smallest absolute Gasteiger partial charge is 0.191 e. The number of ether oxygens (including phenoxy) is 2. The molecule has 1 aromatic heterocycles. The van der Waals surface area contributed by atoms with E-state index < -0.39 is 0 Å². The summed E-state index contributed by atoms with van der Waals surface area (Å²) < 4.78 is 10.8. The lowest BCUT2D eigenvalue weighted by molar-refractivity contribution is 0.398. The predicted molar refractivity (Wildman–Crippen MR) is 133 cm³/mol. The molecule has 0 bridgehead atoms. The normalized spacial score (nSPS) is 14.9. The summed E-state index contributed by atoms with van der Waals surface area (Å²) >= 11 is 1.81. The van der Waals surface area contributed by atoms with E-state index >= 15 is 0 Å². The van der Waals surface area contributed by atoms with Gasteiger partial charge < -0.3 is 25.0 Å². The monoisotopic (exact) mass is 530 g/mol. The van der Waals surface area contributed by atoms with Crippen molar-refractivity contribution in [1.82, 2.24) is 10.6 Å². The molecule has 160 valence electrons. The van der Waals surface area contributed by atoms with E-state index in [0.717, 1.165) is 61.9 Å². The number of halogens is 1. The summed E-state index contributed by atoms with van der Waals surface area (Å²) in [4.78, 5) is 6.85. The summed E-state index contributed by atoms with van der Waals surface area (Å²) in [5.74, 6) is 2.58. The van der Waals surface area contributed by atoms with E-state index in [9.17, 15) is 0 Å². The first-order valence-electron chi connectivity index (χ1n) is 9.70. The van der Waals surface area contributed by atoms with Gasteiger partial charge in [0.2, 0.25) is 0 Å². The van der Waals surface area contributed by atoms with Gasteiger partial charge in [-0.2, -0.15) is 0 Å². The molecule has 0 spiro atoms. The second-order valence-corrected chi connectivity index (χ2v) is 7.71. The zero-order valence-electron chi connectivity index (χ0n) is 17.3. The van der Waals surface area contributed by atoms with Gasteiger partial charge in [0, 0.05) is 32.7 Å². The molecule has 0 radical (unpaired) electrons.